The van der Waals surface area contributed by atoms with Crippen molar-refractivity contribution in [1.82, 2.24) is 0 Å². The average Bonchev–Trinajstić information content (AvgIpc) is 2.89. The van der Waals surface area contributed by atoms with E-state index < -0.39 is 0 Å². The molecule has 0 saturated heterocycles. The van der Waals surface area contributed by atoms with Gasteiger partial charge in [-0.15, -0.1) is 0 Å². The van der Waals surface area contributed by atoms with Crippen LogP contribution in [0.4, 0.5) is 0 Å². The molecule has 0 N–H and O–H groups in total. The molecule has 2 atom stereocenters. The zero-order valence-electron chi connectivity index (χ0n) is 30.3. The summed E-state index contributed by atoms with van der Waals surface area (Å²) in [5.41, 5.74) is 11.0. The molecule has 1 heteroatoms. The number of rotatable bonds is 21. The van der Waals surface area contributed by atoms with E-state index in [1.54, 1.807) is 0 Å². The third kappa shape index (κ3) is 22.7. The standard InChI is InChI=1S/C42H67O/c1-32(2)17-13-21-36(9)25-27-40(29-38(11)23-15-19-34(5)6)42(31-43)41(30-39(12)24-16-20-35(7)8)28-26-37(10)22-14-18-33(3)4/h17-20,25-26,29-30,40-42H,13-16,21-24,27-28H2,1-12H3/b36-25+,37-26+,38-29+,39-30+. The van der Waals surface area contributed by atoms with E-state index in [2.05, 4.69) is 138 Å². The smallest absolute Gasteiger partial charge is 0.202 e. The fraction of sp³-hybridized carbons (Fsp3) is 0.595. The Kier molecular flexibility index (Phi) is 22.6. The molecular formula is C42H67O. The maximum absolute atomic E-state index is 12.9. The van der Waals surface area contributed by atoms with Crippen molar-refractivity contribution in [3.63, 3.8) is 0 Å². The lowest BCUT2D eigenvalue weighted by Gasteiger charge is -2.26. The molecule has 0 aliphatic rings. The summed E-state index contributed by atoms with van der Waals surface area (Å²) in [6.45, 7) is 26.2. The minimum absolute atomic E-state index is 0.133. The van der Waals surface area contributed by atoms with Crippen LogP contribution in [0, 0.1) is 17.8 Å². The summed E-state index contributed by atoms with van der Waals surface area (Å²) < 4.78 is 0. The van der Waals surface area contributed by atoms with Crippen molar-refractivity contribution in [1.29, 1.82) is 0 Å². The van der Waals surface area contributed by atoms with Gasteiger partial charge in [-0.3, -0.25) is 4.79 Å². The minimum atomic E-state index is -0.180. The SMILES string of the molecule is CC(C)=CCC/C(C)=C/CC(/C=C(\C)CCC=C(C)C)C([C]=O)C(/C=C(\C)CCC=C(C)C)C/C=C(\C)CCC=C(C)C. The Hall–Kier alpha value is -2.41. The van der Waals surface area contributed by atoms with Gasteiger partial charge in [-0.2, -0.15) is 0 Å². The van der Waals surface area contributed by atoms with Crippen molar-refractivity contribution in [3.8, 4) is 0 Å². The third-order valence-corrected chi connectivity index (χ3v) is 7.90. The van der Waals surface area contributed by atoms with Crippen LogP contribution in [0.5, 0.6) is 0 Å². The molecule has 0 spiro atoms. The van der Waals surface area contributed by atoms with Crippen LogP contribution in [0.3, 0.4) is 0 Å². The Morgan fingerprint density at radius 2 is 0.721 bits per heavy atom. The first-order valence-electron chi connectivity index (χ1n) is 16.8. The van der Waals surface area contributed by atoms with Crippen molar-refractivity contribution in [2.75, 3.05) is 0 Å². The summed E-state index contributed by atoms with van der Waals surface area (Å²) in [7, 11) is 0. The zero-order valence-corrected chi connectivity index (χ0v) is 30.3. The van der Waals surface area contributed by atoms with Crippen LogP contribution in [0.25, 0.3) is 0 Å². The van der Waals surface area contributed by atoms with Gasteiger partial charge in [-0.05, 0) is 159 Å². The lowest BCUT2D eigenvalue weighted by atomic mass is 9.76. The lowest BCUT2D eigenvalue weighted by Crippen LogP contribution is -2.23. The maximum atomic E-state index is 12.9. The molecule has 43 heavy (non-hydrogen) atoms. The second kappa shape index (κ2) is 24.0. The number of allylic oxidation sites excluding steroid dienone is 16. The molecule has 2 unspecified atom stereocenters. The lowest BCUT2D eigenvalue weighted by molar-refractivity contribution is 0.374. The van der Waals surface area contributed by atoms with E-state index in [1.807, 2.05) is 0 Å². The van der Waals surface area contributed by atoms with E-state index >= 15 is 0 Å². The topological polar surface area (TPSA) is 17.1 Å². The Morgan fingerprint density at radius 1 is 0.442 bits per heavy atom. The van der Waals surface area contributed by atoms with Crippen LogP contribution in [0.1, 0.15) is 147 Å². The van der Waals surface area contributed by atoms with E-state index in [-0.39, 0.29) is 17.8 Å². The molecule has 0 fully saturated rings. The highest BCUT2D eigenvalue weighted by atomic mass is 16.1. The van der Waals surface area contributed by atoms with Gasteiger partial charge >= 0.3 is 0 Å². The van der Waals surface area contributed by atoms with E-state index in [4.69, 9.17) is 0 Å². The quantitative estimate of drug-likeness (QED) is 0.122. The molecule has 241 valence electrons. The van der Waals surface area contributed by atoms with Crippen molar-refractivity contribution in [2.24, 2.45) is 17.8 Å². The second-order valence-corrected chi connectivity index (χ2v) is 13.9. The molecule has 0 aromatic heterocycles. The molecule has 1 radical (unpaired) electrons. The first-order valence-corrected chi connectivity index (χ1v) is 16.8. The van der Waals surface area contributed by atoms with Crippen LogP contribution in [0.15, 0.2) is 93.2 Å². The summed E-state index contributed by atoms with van der Waals surface area (Å²) in [6.07, 6.45) is 31.6. The largest absolute Gasteiger partial charge is 0.291 e. The number of hydrogen-bond donors (Lipinski definition) is 0. The predicted molar refractivity (Wildman–Crippen MR) is 195 cm³/mol. The predicted octanol–water partition coefficient (Wildman–Crippen LogP) is 13.5. The van der Waals surface area contributed by atoms with Crippen molar-refractivity contribution >= 4 is 6.29 Å². The van der Waals surface area contributed by atoms with Gasteiger partial charge in [0.2, 0.25) is 6.29 Å². The van der Waals surface area contributed by atoms with Gasteiger partial charge in [-0.25, -0.2) is 0 Å². The first-order chi connectivity index (χ1) is 20.2. The van der Waals surface area contributed by atoms with E-state index in [0.717, 1.165) is 64.2 Å². The molecule has 0 aromatic rings. The van der Waals surface area contributed by atoms with Gasteiger partial charge < -0.3 is 0 Å². The zero-order chi connectivity index (χ0) is 32.8. The molecule has 0 aliphatic carbocycles. The van der Waals surface area contributed by atoms with Crippen molar-refractivity contribution in [2.45, 2.75) is 147 Å². The van der Waals surface area contributed by atoms with Gasteiger partial charge in [0.05, 0.1) is 0 Å². The fourth-order valence-electron chi connectivity index (χ4n) is 5.26. The number of carbonyl (C=O) groups excluding carboxylic acids is 1. The molecule has 0 rings (SSSR count). The summed E-state index contributed by atoms with van der Waals surface area (Å²) >= 11 is 0. The highest BCUT2D eigenvalue weighted by Crippen LogP contribution is 2.32. The Morgan fingerprint density at radius 3 is 0.977 bits per heavy atom. The summed E-state index contributed by atoms with van der Waals surface area (Å²) in [5, 5.41) is 0. The van der Waals surface area contributed by atoms with Gasteiger partial charge in [0, 0.05) is 5.92 Å². The molecule has 0 bridgehead atoms. The van der Waals surface area contributed by atoms with Crippen LogP contribution in [-0.4, -0.2) is 6.29 Å². The highest BCUT2D eigenvalue weighted by molar-refractivity contribution is 5.57. The summed E-state index contributed by atoms with van der Waals surface area (Å²) in [4.78, 5) is 12.9. The molecule has 0 amide bonds. The average molecular weight is 588 g/mol. The third-order valence-electron chi connectivity index (χ3n) is 7.90. The van der Waals surface area contributed by atoms with E-state index in [1.165, 1.54) is 44.6 Å². The summed E-state index contributed by atoms with van der Waals surface area (Å²) in [5.74, 6) is 0.0862. The minimum Gasteiger partial charge on any atom is -0.291 e. The van der Waals surface area contributed by atoms with Crippen LogP contribution >= 0.6 is 0 Å². The molecule has 0 saturated carbocycles. The maximum Gasteiger partial charge on any atom is 0.202 e. The van der Waals surface area contributed by atoms with Crippen LogP contribution in [0.2, 0.25) is 0 Å². The van der Waals surface area contributed by atoms with Gasteiger partial charge in [0.15, 0.2) is 0 Å². The highest BCUT2D eigenvalue weighted by Gasteiger charge is 2.27. The Balaban J connectivity index is 6.41. The van der Waals surface area contributed by atoms with Gasteiger partial charge in [0.1, 0.15) is 0 Å². The fourth-order valence-corrected chi connectivity index (χ4v) is 5.26. The van der Waals surface area contributed by atoms with E-state index in [0.29, 0.717) is 0 Å². The Bertz CT molecular complexity index is 964. The van der Waals surface area contributed by atoms with Crippen LogP contribution < -0.4 is 0 Å². The summed E-state index contributed by atoms with van der Waals surface area (Å²) in [6, 6.07) is 0. The molecule has 0 aromatic carbocycles. The first kappa shape index (κ1) is 40.6. The van der Waals surface area contributed by atoms with Crippen LogP contribution in [-0.2, 0) is 4.79 Å². The van der Waals surface area contributed by atoms with Gasteiger partial charge in [0.25, 0.3) is 0 Å². The van der Waals surface area contributed by atoms with E-state index in [9.17, 15) is 4.79 Å². The molecule has 0 heterocycles. The monoisotopic (exact) mass is 588 g/mol. The molecule has 0 aliphatic heterocycles. The second-order valence-electron chi connectivity index (χ2n) is 13.9. The van der Waals surface area contributed by atoms with Crippen molar-refractivity contribution < 1.29 is 4.79 Å². The molecular weight excluding hydrogens is 520 g/mol. The normalized spacial score (nSPS) is 14.9. The number of hydrogen-bond acceptors (Lipinski definition) is 1. The van der Waals surface area contributed by atoms with Gasteiger partial charge in [-0.1, -0.05) is 93.2 Å². The Labute approximate surface area is 268 Å². The molecule has 1 nitrogen and oxygen atoms in total. The van der Waals surface area contributed by atoms with Crippen molar-refractivity contribution in [3.05, 3.63) is 93.2 Å².